The van der Waals surface area contributed by atoms with Crippen molar-refractivity contribution < 1.29 is 18.4 Å². The second-order valence-corrected chi connectivity index (χ2v) is 6.24. The van der Waals surface area contributed by atoms with Crippen LogP contribution < -0.4 is 10.2 Å². The number of halogens is 2. The number of rotatable bonds is 2. The topological polar surface area (TPSA) is 49.4 Å². The summed E-state index contributed by atoms with van der Waals surface area (Å²) in [4.78, 5) is 25.3. The van der Waals surface area contributed by atoms with E-state index in [0.717, 1.165) is 12.1 Å². The highest BCUT2D eigenvalue weighted by Gasteiger charge is 2.37. The van der Waals surface area contributed by atoms with Crippen molar-refractivity contribution in [2.45, 2.75) is 32.7 Å². The summed E-state index contributed by atoms with van der Waals surface area (Å²) in [6.07, 6.45) is 0.0265. The van der Waals surface area contributed by atoms with Gasteiger partial charge < -0.3 is 10.2 Å². The van der Waals surface area contributed by atoms with Gasteiger partial charge in [-0.1, -0.05) is 0 Å². The first-order chi connectivity index (χ1) is 9.67. The quantitative estimate of drug-likeness (QED) is 0.910. The summed E-state index contributed by atoms with van der Waals surface area (Å²) in [6.45, 7) is 5.64. The van der Waals surface area contributed by atoms with Crippen molar-refractivity contribution in [3.8, 4) is 0 Å². The number of carbonyl (C=O) groups excluding carboxylic acids is 2. The van der Waals surface area contributed by atoms with E-state index in [2.05, 4.69) is 5.32 Å². The van der Waals surface area contributed by atoms with E-state index in [1.165, 1.54) is 11.0 Å². The standard InChI is InChI=1S/C15H18F2N2O2/c1-15(2,3)18-14(21)9-6-13(20)19(8-9)12-5-4-10(16)7-11(12)17/h4-5,7,9H,6,8H2,1-3H3,(H,18,21). The summed E-state index contributed by atoms with van der Waals surface area (Å²) in [5.74, 6) is -2.61. The lowest BCUT2D eigenvalue weighted by Crippen LogP contribution is -2.44. The largest absolute Gasteiger partial charge is 0.351 e. The lowest BCUT2D eigenvalue weighted by molar-refractivity contribution is -0.127. The van der Waals surface area contributed by atoms with Gasteiger partial charge in [0.15, 0.2) is 0 Å². The van der Waals surface area contributed by atoms with Crippen LogP contribution in [0.25, 0.3) is 0 Å². The molecule has 1 heterocycles. The lowest BCUT2D eigenvalue weighted by Gasteiger charge is -2.23. The zero-order valence-corrected chi connectivity index (χ0v) is 12.2. The van der Waals surface area contributed by atoms with Crippen molar-refractivity contribution in [3.63, 3.8) is 0 Å². The molecule has 0 spiro atoms. The van der Waals surface area contributed by atoms with Gasteiger partial charge in [0.1, 0.15) is 11.6 Å². The molecule has 1 atom stereocenters. The molecule has 0 aliphatic carbocycles. The number of hydrogen-bond acceptors (Lipinski definition) is 2. The number of benzene rings is 1. The monoisotopic (exact) mass is 296 g/mol. The van der Waals surface area contributed by atoms with E-state index in [9.17, 15) is 18.4 Å². The van der Waals surface area contributed by atoms with Gasteiger partial charge in [-0.25, -0.2) is 8.78 Å². The van der Waals surface area contributed by atoms with Crippen LogP contribution in [0.2, 0.25) is 0 Å². The van der Waals surface area contributed by atoms with Crippen molar-refractivity contribution in [2.24, 2.45) is 5.92 Å². The Morgan fingerprint density at radius 1 is 1.33 bits per heavy atom. The first-order valence-electron chi connectivity index (χ1n) is 6.75. The molecule has 6 heteroatoms. The Balaban J connectivity index is 2.14. The Morgan fingerprint density at radius 3 is 2.57 bits per heavy atom. The SMILES string of the molecule is CC(C)(C)NC(=O)C1CC(=O)N(c2ccc(F)cc2F)C1. The van der Waals surface area contributed by atoms with Gasteiger partial charge in [-0.05, 0) is 32.9 Å². The fourth-order valence-corrected chi connectivity index (χ4v) is 2.29. The summed E-state index contributed by atoms with van der Waals surface area (Å²) in [5, 5.41) is 2.81. The molecule has 2 amide bonds. The molecule has 1 aromatic rings. The molecule has 1 saturated heterocycles. The summed E-state index contributed by atoms with van der Waals surface area (Å²) in [5.41, 5.74) is -0.387. The van der Waals surface area contributed by atoms with Gasteiger partial charge in [-0.2, -0.15) is 0 Å². The molecule has 1 N–H and O–H groups in total. The van der Waals surface area contributed by atoms with Crippen LogP contribution in [-0.4, -0.2) is 23.9 Å². The number of hydrogen-bond donors (Lipinski definition) is 1. The van der Waals surface area contributed by atoms with E-state index >= 15 is 0 Å². The summed E-state index contributed by atoms with van der Waals surface area (Å²) >= 11 is 0. The van der Waals surface area contributed by atoms with E-state index in [0.29, 0.717) is 0 Å². The second-order valence-electron chi connectivity index (χ2n) is 6.24. The Morgan fingerprint density at radius 2 is 2.00 bits per heavy atom. The predicted molar refractivity (Wildman–Crippen MR) is 74.7 cm³/mol. The molecule has 1 unspecified atom stereocenters. The lowest BCUT2D eigenvalue weighted by atomic mass is 10.0. The van der Waals surface area contributed by atoms with Gasteiger partial charge in [0.25, 0.3) is 0 Å². The predicted octanol–water partition coefficient (Wildman–Crippen LogP) is 2.23. The van der Waals surface area contributed by atoms with Crippen molar-refractivity contribution >= 4 is 17.5 Å². The smallest absolute Gasteiger partial charge is 0.227 e. The molecule has 114 valence electrons. The van der Waals surface area contributed by atoms with Crippen LogP contribution in [0.3, 0.4) is 0 Å². The normalized spacial score (nSPS) is 19.0. The first-order valence-corrected chi connectivity index (χ1v) is 6.75. The molecule has 1 aliphatic heterocycles. The highest BCUT2D eigenvalue weighted by molar-refractivity contribution is 6.00. The number of nitrogens with one attached hydrogen (secondary N) is 1. The highest BCUT2D eigenvalue weighted by atomic mass is 19.1. The van der Waals surface area contributed by atoms with Crippen LogP contribution in [0.4, 0.5) is 14.5 Å². The average molecular weight is 296 g/mol. The molecule has 0 bridgehead atoms. The van der Waals surface area contributed by atoms with Crippen LogP contribution in [-0.2, 0) is 9.59 Å². The van der Waals surface area contributed by atoms with Crippen molar-refractivity contribution in [2.75, 3.05) is 11.4 Å². The highest BCUT2D eigenvalue weighted by Crippen LogP contribution is 2.28. The molecule has 4 nitrogen and oxygen atoms in total. The maximum Gasteiger partial charge on any atom is 0.227 e. The molecule has 2 rings (SSSR count). The van der Waals surface area contributed by atoms with E-state index in [-0.39, 0.29) is 30.5 Å². The van der Waals surface area contributed by atoms with E-state index in [4.69, 9.17) is 0 Å². The van der Waals surface area contributed by atoms with Gasteiger partial charge >= 0.3 is 0 Å². The maximum atomic E-state index is 13.7. The van der Waals surface area contributed by atoms with Crippen LogP contribution in [0.1, 0.15) is 27.2 Å². The number of anilines is 1. The Kier molecular flexibility index (Phi) is 3.98. The molecule has 1 aliphatic rings. The Hall–Kier alpha value is -1.98. The fraction of sp³-hybridized carbons (Fsp3) is 0.467. The van der Waals surface area contributed by atoms with Crippen molar-refractivity contribution in [1.29, 1.82) is 0 Å². The summed E-state index contributed by atoms with van der Waals surface area (Å²) < 4.78 is 26.7. The van der Waals surface area contributed by atoms with Gasteiger partial charge in [0.2, 0.25) is 11.8 Å². The third kappa shape index (κ3) is 3.56. The summed E-state index contributed by atoms with van der Waals surface area (Å²) in [6, 6.07) is 3.03. The molecule has 1 aromatic carbocycles. The van der Waals surface area contributed by atoms with Crippen LogP contribution in [0.5, 0.6) is 0 Å². The second kappa shape index (κ2) is 5.42. The third-order valence-corrected chi connectivity index (χ3v) is 3.19. The Bertz CT molecular complexity index is 582. The summed E-state index contributed by atoms with van der Waals surface area (Å²) in [7, 11) is 0. The van der Waals surface area contributed by atoms with Gasteiger partial charge in [0.05, 0.1) is 11.6 Å². The van der Waals surface area contributed by atoms with Crippen LogP contribution in [0, 0.1) is 17.6 Å². The molecule has 0 saturated carbocycles. The fourth-order valence-electron chi connectivity index (χ4n) is 2.29. The average Bonchev–Trinajstić information content (AvgIpc) is 2.69. The number of amides is 2. The minimum absolute atomic E-state index is 0.00691. The minimum Gasteiger partial charge on any atom is -0.351 e. The number of carbonyl (C=O) groups is 2. The van der Waals surface area contributed by atoms with Crippen LogP contribution in [0.15, 0.2) is 18.2 Å². The van der Waals surface area contributed by atoms with Crippen molar-refractivity contribution in [3.05, 3.63) is 29.8 Å². The molecular formula is C15H18F2N2O2. The number of nitrogens with zero attached hydrogens (tertiary/aromatic N) is 1. The maximum absolute atomic E-state index is 13.7. The molecule has 0 aromatic heterocycles. The Labute approximate surface area is 122 Å². The zero-order chi connectivity index (χ0) is 15.8. The minimum atomic E-state index is -0.805. The molecule has 1 fully saturated rings. The van der Waals surface area contributed by atoms with E-state index < -0.39 is 23.1 Å². The zero-order valence-electron chi connectivity index (χ0n) is 12.2. The molecular weight excluding hydrogens is 278 g/mol. The van der Waals surface area contributed by atoms with Gasteiger partial charge in [-0.15, -0.1) is 0 Å². The van der Waals surface area contributed by atoms with E-state index in [1.807, 2.05) is 20.8 Å². The van der Waals surface area contributed by atoms with E-state index in [1.54, 1.807) is 0 Å². The first kappa shape index (κ1) is 15.4. The third-order valence-electron chi connectivity index (χ3n) is 3.19. The molecule has 0 radical (unpaired) electrons. The van der Waals surface area contributed by atoms with Gasteiger partial charge in [0, 0.05) is 24.6 Å². The van der Waals surface area contributed by atoms with Crippen LogP contribution >= 0.6 is 0 Å². The van der Waals surface area contributed by atoms with Gasteiger partial charge in [-0.3, -0.25) is 9.59 Å². The molecule has 21 heavy (non-hydrogen) atoms. The van der Waals surface area contributed by atoms with Crippen molar-refractivity contribution in [1.82, 2.24) is 5.32 Å².